The molecule has 2 fully saturated rings. The Labute approximate surface area is 139 Å². The van der Waals surface area contributed by atoms with Gasteiger partial charge in [0.05, 0.1) is 24.8 Å². The lowest BCUT2D eigenvalue weighted by Gasteiger charge is -2.46. The summed E-state index contributed by atoms with van der Waals surface area (Å²) >= 11 is 0. The minimum absolute atomic E-state index is 0.0412. The third-order valence-electron chi connectivity index (χ3n) is 4.35. The molecule has 0 bridgehead atoms. The van der Waals surface area contributed by atoms with Crippen LogP contribution in [0.1, 0.15) is 47.0 Å². The van der Waals surface area contributed by atoms with Gasteiger partial charge in [0.2, 0.25) is 0 Å². The molecule has 4 atom stereocenters. The van der Waals surface area contributed by atoms with Crippen LogP contribution in [0.15, 0.2) is 0 Å². The zero-order valence-electron chi connectivity index (χ0n) is 15.1. The van der Waals surface area contributed by atoms with E-state index < -0.39 is 5.60 Å². The minimum atomic E-state index is -0.483. The molecule has 2 aliphatic carbocycles. The number of ether oxygens (including phenoxy) is 3. The predicted octanol–water partition coefficient (Wildman–Crippen LogP) is 2.07. The maximum atomic E-state index is 12.0. The van der Waals surface area contributed by atoms with Gasteiger partial charge in [0.15, 0.2) is 0 Å². The topological polar surface area (TPSA) is 68.8 Å². The van der Waals surface area contributed by atoms with Crippen LogP contribution in [0.4, 0.5) is 4.79 Å². The lowest BCUT2D eigenvalue weighted by atomic mass is 9.82. The summed E-state index contributed by atoms with van der Waals surface area (Å²) < 4.78 is 16.5. The van der Waals surface area contributed by atoms with Crippen LogP contribution >= 0.6 is 0 Å². The first-order valence-electron chi connectivity index (χ1n) is 8.70. The van der Waals surface area contributed by atoms with Crippen LogP contribution in [0.2, 0.25) is 0 Å². The molecule has 6 nitrogen and oxygen atoms in total. The van der Waals surface area contributed by atoms with Crippen molar-refractivity contribution in [2.45, 2.75) is 76.8 Å². The number of rotatable bonds is 8. The number of nitrogens with one attached hydrogen (secondary N) is 2. The Balaban J connectivity index is 1.89. The maximum absolute atomic E-state index is 12.0. The smallest absolute Gasteiger partial charge is 0.407 e. The molecule has 1 amide bonds. The highest BCUT2D eigenvalue weighted by Crippen LogP contribution is 2.35. The number of alkyl carbamates (subject to hydrolysis) is 1. The van der Waals surface area contributed by atoms with Gasteiger partial charge in [0.1, 0.15) is 5.60 Å². The summed E-state index contributed by atoms with van der Waals surface area (Å²) in [7, 11) is 1.73. The Morgan fingerprint density at radius 3 is 2.52 bits per heavy atom. The fourth-order valence-electron chi connectivity index (χ4n) is 3.07. The van der Waals surface area contributed by atoms with E-state index in [2.05, 4.69) is 10.6 Å². The zero-order chi connectivity index (χ0) is 17.0. The Bertz CT molecular complexity index is 393. The van der Waals surface area contributed by atoms with Gasteiger partial charge in [-0.05, 0) is 52.9 Å². The molecule has 2 saturated carbocycles. The van der Waals surface area contributed by atoms with Crippen LogP contribution in [0.25, 0.3) is 0 Å². The molecular weight excluding hydrogens is 296 g/mol. The molecular formula is C17H32N2O4. The maximum Gasteiger partial charge on any atom is 0.407 e. The largest absolute Gasteiger partial charge is 0.444 e. The van der Waals surface area contributed by atoms with Crippen molar-refractivity contribution < 1.29 is 19.0 Å². The van der Waals surface area contributed by atoms with E-state index in [9.17, 15) is 4.79 Å². The van der Waals surface area contributed by atoms with Crippen LogP contribution in [0, 0.1) is 5.92 Å². The van der Waals surface area contributed by atoms with Crippen molar-refractivity contribution in [2.24, 2.45) is 5.92 Å². The first-order chi connectivity index (χ1) is 10.8. The van der Waals surface area contributed by atoms with Gasteiger partial charge in [-0.15, -0.1) is 0 Å². The molecule has 0 aromatic rings. The van der Waals surface area contributed by atoms with E-state index in [-0.39, 0.29) is 24.3 Å². The number of amides is 1. The van der Waals surface area contributed by atoms with Gasteiger partial charge >= 0.3 is 6.09 Å². The summed E-state index contributed by atoms with van der Waals surface area (Å²) in [5.74, 6) is 0.681. The highest BCUT2D eigenvalue weighted by atomic mass is 16.6. The molecule has 0 aromatic heterocycles. The monoisotopic (exact) mass is 328 g/mol. The van der Waals surface area contributed by atoms with Crippen molar-refractivity contribution in [2.75, 3.05) is 20.3 Å². The summed E-state index contributed by atoms with van der Waals surface area (Å²) in [6.07, 6.45) is 3.08. The molecule has 23 heavy (non-hydrogen) atoms. The number of hydrogen-bond acceptors (Lipinski definition) is 5. The van der Waals surface area contributed by atoms with Crippen LogP contribution in [0.5, 0.6) is 0 Å². The average molecular weight is 328 g/mol. The van der Waals surface area contributed by atoms with Crippen molar-refractivity contribution in [3.8, 4) is 0 Å². The number of hydrogen-bond donors (Lipinski definition) is 2. The van der Waals surface area contributed by atoms with Gasteiger partial charge in [-0.2, -0.15) is 0 Å². The van der Waals surface area contributed by atoms with E-state index in [1.54, 1.807) is 7.11 Å². The fourth-order valence-corrected chi connectivity index (χ4v) is 3.07. The first kappa shape index (κ1) is 18.5. The summed E-state index contributed by atoms with van der Waals surface area (Å²) in [5, 5.41) is 6.62. The van der Waals surface area contributed by atoms with E-state index in [1.807, 2.05) is 27.7 Å². The first-order valence-corrected chi connectivity index (χ1v) is 8.70. The summed E-state index contributed by atoms with van der Waals surface area (Å²) in [6, 6.07) is 0.485. The summed E-state index contributed by atoms with van der Waals surface area (Å²) in [5.41, 5.74) is -0.483. The van der Waals surface area contributed by atoms with Crippen molar-refractivity contribution in [1.82, 2.24) is 10.6 Å². The lowest BCUT2D eigenvalue weighted by Crippen LogP contribution is -2.68. The molecule has 4 unspecified atom stereocenters. The van der Waals surface area contributed by atoms with E-state index >= 15 is 0 Å². The molecule has 0 spiro atoms. The number of carbonyl (C=O) groups excluding carboxylic acids is 1. The Morgan fingerprint density at radius 1 is 1.30 bits per heavy atom. The SMILES string of the molecule is CCOC1CC(NC(=O)OC(C)(C)C)C1NC(COC)C1CC1. The van der Waals surface area contributed by atoms with Crippen molar-refractivity contribution in [3.05, 3.63) is 0 Å². The third kappa shape index (κ3) is 5.62. The molecule has 2 N–H and O–H groups in total. The van der Waals surface area contributed by atoms with E-state index in [0.29, 0.717) is 25.2 Å². The average Bonchev–Trinajstić information content (AvgIpc) is 3.24. The zero-order valence-corrected chi connectivity index (χ0v) is 15.1. The van der Waals surface area contributed by atoms with Gasteiger partial charge in [-0.1, -0.05) is 0 Å². The normalized spacial score (nSPS) is 28.8. The van der Waals surface area contributed by atoms with Crippen LogP contribution in [0.3, 0.4) is 0 Å². The Kier molecular flexibility index (Phi) is 6.28. The van der Waals surface area contributed by atoms with E-state index in [1.165, 1.54) is 12.8 Å². The molecule has 2 rings (SSSR count). The molecule has 2 aliphatic rings. The molecule has 0 aliphatic heterocycles. The second-order valence-corrected chi connectivity index (χ2v) is 7.57. The van der Waals surface area contributed by atoms with E-state index in [4.69, 9.17) is 14.2 Å². The van der Waals surface area contributed by atoms with Gasteiger partial charge < -0.3 is 24.8 Å². The fraction of sp³-hybridized carbons (Fsp3) is 0.941. The van der Waals surface area contributed by atoms with Crippen LogP contribution in [-0.4, -0.2) is 56.2 Å². The highest BCUT2D eigenvalue weighted by molar-refractivity contribution is 5.68. The van der Waals surface area contributed by atoms with Crippen molar-refractivity contribution in [1.29, 1.82) is 0 Å². The molecule has 0 heterocycles. The molecule has 6 heteroatoms. The van der Waals surface area contributed by atoms with E-state index in [0.717, 1.165) is 6.42 Å². The molecule has 0 saturated heterocycles. The van der Waals surface area contributed by atoms with Crippen LogP contribution in [-0.2, 0) is 14.2 Å². The van der Waals surface area contributed by atoms with Gasteiger partial charge in [0, 0.05) is 19.8 Å². The Hall–Kier alpha value is -0.850. The lowest BCUT2D eigenvalue weighted by molar-refractivity contribution is -0.0501. The van der Waals surface area contributed by atoms with Gasteiger partial charge in [-0.3, -0.25) is 0 Å². The second kappa shape index (κ2) is 7.81. The molecule has 0 aromatic carbocycles. The number of methoxy groups -OCH3 is 1. The summed E-state index contributed by atoms with van der Waals surface area (Å²) in [6.45, 7) is 8.98. The van der Waals surface area contributed by atoms with Gasteiger partial charge in [0.25, 0.3) is 0 Å². The molecule has 134 valence electrons. The summed E-state index contributed by atoms with van der Waals surface area (Å²) in [4.78, 5) is 12.0. The molecule has 0 radical (unpaired) electrons. The predicted molar refractivity (Wildman–Crippen MR) is 88.5 cm³/mol. The second-order valence-electron chi connectivity index (χ2n) is 7.57. The number of carbonyl (C=O) groups is 1. The Morgan fingerprint density at radius 2 is 2.00 bits per heavy atom. The van der Waals surface area contributed by atoms with Gasteiger partial charge in [-0.25, -0.2) is 4.79 Å². The standard InChI is InChI=1S/C17H32N2O4/c1-6-22-14-9-12(19-16(20)23-17(2,3)4)15(14)18-13(10-21-5)11-7-8-11/h11-15,18H,6-10H2,1-5H3,(H,19,20). The van der Waals surface area contributed by atoms with Crippen LogP contribution < -0.4 is 10.6 Å². The third-order valence-corrected chi connectivity index (χ3v) is 4.35. The minimum Gasteiger partial charge on any atom is -0.444 e. The quantitative estimate of drug-likeness (QED) is 0.714. The van der Waals surface area contributed by atoms with Crippen molar-refractivity contribution >= 4 is 6.09 Å². The van der Waals surface area contributed by atoms with Crippen molar-refractivity contribution in [3.63, 3.8) is 0 Å². The highest BCUT2D eigenvalue weighted by Gasteiger charge is 2.45.